The molecule has 8 nitrogen and oxygen atoms in total. The zero-order chi connectivity index (χ0) is 33.4. The van der Waals surface area contributed by atoms with Crippen molar-refractivity contribution in [2.45, 2.75) is 43.8 Å². The summed E-state index contributed by atoms with van der Waals surface area (Å²) in [5, 5.41) is 3.55. The molecule has 0 aliphatic rings. The van der Waals surface area contributed by atoms with E-state index in [0.29, 0.717) is 16.3 Å². The van der Waals surface area contributed by atoms with E-state index in [1.54, 1.807) is 26.0 Å². The van der Waals surface area contributed by atoms with Crippen molar-refractivity contribution in [3.63, 3.8) is 0 Å². The van der Waals surface area contributed by atoms with Crippen LogP contribution in [0.5, 0.6) is 5.75 Å². The first-order valence-corrected chi connectivity index (χ1v) is 16.6. The maximum atomic E-state index is 14.5. The average molecular weight is 687 g/mol. The average Bonchev–Trinajstić information content (AvgIpc) is 3.03. The normalized spacial score (nSPS) is 12.0. The zero-order valence-corrected chi connectivity index (χ0v) is 27.8. The van der Waals surface area contributed by atoms with E-state index in [0.717, 1.165) is 22.0 Å². The van der Waals surface area contributed by atoms with Crippen LogP contribution in [-0.2, 0) is 32.6 Å². The van der Waals surface area contributed by atoms with Gasteiger partial charge in [-0.3, -0.25) is 13.9 Å². The molecule has 4 aromatic rings. The number of carbonyl (C=O) groups excluding carboxylic acids is 2. The molecule has 242 valence electrons. The van der Waals surface area contributed by atoms with Crippen molar-refractivity contribution in [1.29, 1.82) is 0 Å². The lowest BCUT2D eigenvalue weighted by atomic mass is 10.0. The highest BCUT2D eigenvalue weighted by Crippen LogP contribution is 2.28. The molecule has 46 heavy (non-hydrogen) atoms. The monoisotopic (exact) mass is 685 g/mol. The molecule has 4 aromatic carbocycles. The molecule has 0 saturated heterocycles. The Balaban J connectivity index is 1.82. The number of hydrogen-bond donors (Lipinski definition) is 1. The molecule has 0 aromatic heterocycles. The number of sulfonamides is 1. The largest absolute Gasteiger partial charge is 0.497 e. The lowest BCUT2D eigenvalue weighted by molar-refractivity contribution is -0.140. The number of amides is 2. The second-order valence-corrected chi connectivity index (χ2v) is 13.5. The molecule has 0 aliphatic heterocycles. The molecule has 0 spiro atoms. The van der Waals surface area contributed by atoms with Gasteiger partial charge in [0.1, 0.15) is 24.2 Å². The van der Waals surface area contributed by atoms with Crippen LogP contribution in [0.25, 0.3) is 0 Å². The van der Waals surface area contributed by atoms with Gasteiger partial charge < -0.3 is 15.0 Å². The van der Waals surface area contributed by atoms with Crippen molar-refractivity contribution in [3.05, 3.63) is 124 Å². The molecule has 0 radical (unpaired) electrons. The Morgan fingerprint density at radius 2 is 1.57 bits per heavy atom. The Hall–Kier alpha value is -4.12. The van der Waals surface area contributed by atoms with Crippen LogP contribution in [0, 0.1) is 5.82 Å². The van der Waals surface area contributed by atoms with Crippen LogP contribution in [0.3, 0.4) is 0 Å². The summed E-state index contributed by atoms with van der Waals surface area (Å²) < 4.78 is 48.1. The van der Waals surface area contributed by atoms with Crippen LogP contribution >= 0.6 is 23.2 Å². The van der Waals surface area contributed by atoms with Crippen molar-refractivity contribution >= 4 is 50.7 Å². The van der Waals surface area contributed by atoms with E-state index >= 15 is 0 Å². The summed E-state index contributed by atoms with van der Waals surface area (Å²) in [7, 11) is -2.91. The minimum Gasteiger partial charge on any atom is -0.497 e. The highest BCUT2D eigenvalue weighted by atomic mass is 35.5. The first-order valence-electron chi connectivity index (χ1n) is 14.4. The molecule has 0 aliphatic carbocycles. The molecule has 0 heterocycles. The summed E-state index contributed by atoms with van der Waals surface area (Å²) in [4.78, 5) is 29.4. The predicted molar refractivity (Wildman–Crippen MR) is 178 cm³/mol. The van der Waals surface area contributed by atoms with E-state index in [4.69, 9.17) is 27.9 Å². The first-order chi connectivity index (χ1) is 21.9. The summed E-state index contributed by atoms with van der Waals surface area (Å²) in [6.07, 6.45) is 0.137. The van der Waals surface area contributed by atoms with Gasteiger partial charge in [0.05, 0.1) is 17.7 Å². The molecule has 1 atom stereocenters. The minimum absolute atomic E-state index is 0.0567. The van der Waals surface area contributed by atoms with Crippen molar-refractivity contribution in [2.24, 2.45) is 0 Å². The van der Waals surface area contributed by atoms with Gasteiger partial charge in [-0.25, -0.2) is 12.8 Å². The number of ether oxygens (including phenoxy) is 1. The van der Waals surface area contributed by atoms with Gasteiger partial charge in [-0.1, -0.05) is 59.6 Å². The van der Waals surface area contributed by atoms with Crippen LogP contribution in [-0.4, -0.2) is 50.9 Å². The summed E-state index contributed by atoms with van der Waals surface area (Å²) >= 11 is 12.7. The smallest absolute Gasteiger partial charge is 0.264 e. The van der Waals surface area contributed by atoms with E-state index in [2.05, 4.69) is 5.32 Å². The van der Waals surface area contributed by atoms with Gasteiger partial charge in [0.15, 0.2) is 0 Å². The van der Waals surface area contributed by atoms with E-state index in [9.17, 15) is 22.4 Å². The number of hydrogen-bond acceptors (Lipinski definition) is 5. The van der Waals surface area contributed by atoms with Gasteiger partial charge in [-0.05, 0) is 85.6 Å². The van der Waals surface area contributed by atoms with Crippen LogP contribution in [0.4, 0.5) is 10.1 Å². The Morgan fingerprint density at radius 1 is 0.913 bits per heavy atom. The zero-order valence-electron chi connectivity index (χ0n) is 25.5. The predicted octanol–water partition coefficient (Wildman–Crippen LogP) is 6.50. The van der Waals surface area contributed by atoms with Gasteiger partial charge in [0, 0.05) is 29.1 Å². The van der Waals surface area contributed by atoms with Gasteiger partial charge in [-0.15, -0.1) is 0 Å². The number of anilines is 1. The maximum absolute atomic E-state index is 14.5. The molecular weight excluding hydrogens is 652 g/mol. The maximum Gasteiger partial charge on any atom is 0.264 e. The Bertz CT molecular complexity index is 1760. The van der Waals surface area contributed by atoms with Crippen molar-refractivity contribution < 1.29 is 27.1 Å². The Kier molecular flexibility index (Phi) is 11.7. The van der Waals surface area contributed by atoms with Crippen LogP contribution in [0.1, 0.15) is 25.0 Å². The van der Waals surface area contributed by atoms with Crippen molar-refractivity contribution in [1.82, 2.24) is 10.2 Å². The van der Waals surface area contributed by atoms with E-state index < -0.39 is 40.2 Å². The van der Waals surface area contributed by atoms with Crippen molar-refractivity contribution in [2.75, 3.05) is 18.0 Å². The van der Waals surface area contributed by atoms with E-state index in [1.807, 2.05) is 30.3 Å². The molecule has 0 fully saturated rings. The molecule has 4 rings (SSSR count). The molecule has 12 heteroatoms. The first kappa shape index (κ1) is 34.7. The van der Waals surface area contributed by atoms with Gasteiger partial charge >= 0.3 is 0 Å². The summed E-state index contributed by atoms with van der Waals surface area (Å²) in [5.41, 5.74) is 1.34. The number of benzene rings is 4. The topological polar surface area (TPSA) is 96.0 Å². The molecular formula is C34H34Cl2FN3O5S. The fourth-order valence-electron chi connectivity index (χ4n) is 4.78. The fourth-order valence-corrected chi connectivity index (χ4v) is 6.66. The van der Waals surface area contributed by atoms with Crippen LogP contribution < -0.4 is 14.4 Å². The summed E-state index contributed by atoms with van der Waals surface area (Å²) in [6, 6.07) is 23.1. The third kappa shape index (κ3) is 8.78. The highest BCUT2D eigenvalue weighted by molar-refractivity contribution is 7.92. The quantitative estimate of drug-likeness (QED) is 0.173. The van der Waals surface area contributed by atoms with Crippen molar-refractivity contribution in [3.8, 4) is 5.75 Å². The number of methoxy groups -OCH3 is 1. The van der Waals surface area contributed by atoms with E-state index in [1.165, 1.54) is 54.5 Å². The molecule has 0 bridgehead atoms. The van der Waals surface area contributed by atoms with Crippen LogP contribution in [0.2, 0.25) is 10.0 Å². The number of nitrogens with zero attached hydrogens (tertiary/aromatic N) is 2. The lowest BCUT2D eigenvalue weighted by Crippen LogP contribution is -2.54. The Labute approximate surface area is 278 Å². The fraction of sp³-hybridized carbons (Fsp3) is 0.235. The molecule has 1 N–H and O–H groups in total. The lowest BCUT2D eigenvalue weighted by Gasteiger charge is -2.34. The molecule has 0 saturated carbocycles. The SMILES string of the molecule is COc1ccc(S(=O)(=O)N(CC(=O)N(Cc2ccc(Cl)cc2Cl)[C@@H](Cc2ccccc2)C(=O)NC(C)C)c2ccc(F)cc2)cc1. The van der Waals surface area contributed by atoms with Gasteiger partial charge in [0.25, 0.3) is 10.0 Å². The summed E-state index contributed by atoms with van der Waals surface area (Å²) in [6.45, 7) is 2.78. The van der Waals surface area contributed by atoms with Gasteiger partial charge in [0.2, 0.25) is 11.8 Å². The third-order valence-corrected chi connectivity index (χ3v) is 9.47. The highest BCUT2D eigenvalue weighted by Gasteiger charge is 2.35. The number of halogens is 3. The third-order valence-electron chi connectivity index (χ3n) is 7.10. The number of nitrogens with one attached hydrogen (secondary N) is 1. The minimum atomic E-state index is -4.37. The van der Waals surface area contributed by atoms with E-state index in [-0.39, 0.29) is 34.6 Å². The standard InChI is InChI=1S/C34H34Cl2FN3O5S/c1-23(2)38-34(42)32(19-24-7-5-4-6-8-24)39(21-25-9-10-26(35)20-31(25)36)33(41)22-40(28-13-11-27(37)12-14-28)46(43,44)30-17-15-29(45-3)16-18-30/h4-18,20,23,32H,19,21-22H2,1-3H3,(H,38,42)/t32-/m0/s1. The number of carbonyl (C=O) groups is 2. The second-order valence-electron chi connectivity index (χ2n) is 10.8. The number of rotatable bonds is 13. The van der Waals surface area contributed by atoms with Gasteiger partial charge in [-0.2, -0.15) is 0 Å². The van der Waals surface area contributed by atoms with Crippen LogP contribution in [0.15, 0.2) is 102 Å². The second kappa shape index (κ2) is 15.4. The molecule has 0 unspecified atom stereocenters. The Morgan fingerprint density at radius 3 is 2.15 bits per heavy atom. The molecule has 2 amide bonds. The summed E-state index contributed by atoms with van der Waals surface area (Å²) in [5.74, 6) is -1.26.